The molecule has 0 bridgehead atoms. The van der Waals surface area contributed by atoms with E-state index in [4.69, 9.17) is 4.74 Å². The fourth-order valence-electron chi connectivity index (χ4n) is 3.66. The van der Waals surface area contributed by atoms with Gasteiger partial charge in [0, 0.05) is 24.8 Å². The molecule has 0 amide bonds. The average Bonchev–Trinajstić information content (AvgIpc) is 3.03. The summed E-state index contributed by atoms with van der Waals surface area (Å²) in [5, 5.41) is 0. The molecule has 1 aliphatic heterocycles. The Morgan fingerprint density at radius 2 is 2.00 bits per heavy atom. The topological polar surface area (TPSA) is 25.4 Å². The van der Waals surface area contributed by atoms with E-state index in [-0.39, 0.29) is 6.10 Å². The Bertz CT molecular complexity index is 682. The van der Waals surface area contributed by atoms with Gasteiger partial charge in [-0.25, -0.2) is 0 Å². The molecule has 0 N–H and O–H groups in total. The van der Waals surface area contributed by atoms with Crippen molar-refractivity contribution in [2.24, 2.45) is 5.92 Å². The maximum Gasteiger partial charge on any atom is 0.129 e. The molecule has 1 atom stereocenters. The van der Waals surface area contributed by atoms with E-state index in [0.29, 0.717) is 5.92 Å². The molecule has 2 aromatic rings. The molecule has 3 heteroatoms. The van der Waals surface area contributed by atoms with E-state index >= 15 is 0 Å². The summed E-state index contributed by atoms with van der Waals surface area (Å²) in [5.41, 5.74) is 3.44. The molecule has 1 saturated heterocycles. The van der Waals surface area contributed by atoms with E-state index in [1.165, 1.54) is 25.1 Å². The number of pyridine rings is 1. The van der Waals surface area contributed by atoms with E-state index in [2.05, 4.69) is 55.8 Å². The van der Waals surface area contributed by atoms with Crippen LogP contribution in [0.25, 0.3) is 11.3 Å². The lowest BCUT2D eigenvalue weighted by atomic mass is 9.96. The minimum atomic E-state index is 0.152. The van der Waals surface area contributed by atoms with Crippen LogP contribution < -0.4 is 4.74 Å². The van der Waals surface area contributed by atoms with Crippen LogP contribution in [0, 0.1) is 5.92 Å². The van der Waals surface area contributed by atoms with Crippen molar-refractivity contribution in [3.05, 3.63) is 48.2 Å². The van der Waals surface area contributed by atoms with Gasteiger partial charge in [0.2, 0.25) is 0 Å². The molecule has 1 aromatic heterocycles. The maximum atomic E-state index is 6.14. The second-order valence-corrected chi connectivity index (χ2v) is 7.78. The van der Waals surface area contributed by atoms with E-state index < -0.39 is 0 Å². The summed E-state index contributed by atoms with van der Waals surface area (Å²) in [6, 6.07) is 12.7. The molecule has 1 fully saturated rings. The Kier molecular flexibility index (Phi) is 5.74. The van der Waals surface area contributed by atoms with E-state index in [0.717, 1.165) is 29.5 Å². The summed E-state index contributed by atoms with van der Waals surface area (Å²) < 4.78 is 6.14. The summed E-state index contributed by atoms with van der Waals surface area (Å²) in [6.45, 7) is 12.3. The molecule has 0 saturated carbocycles. The van der Waals surface area contributed by atoms with Crippen LogP contribution in [-0.4, -0.2) is 35.6 Å². The third kappa shape index (κ3) is 4.60. The van der Waals surface area contributed by atoms with Gasteiger partial charge in [-0.2, -0.15) is 0 Å². The summed E-state index contributed by atoms with van der Waals surface area (Å²) in [7, 11) is 0. The fraction of sp³-hybridized carbons (Fsp3) is 0.500. The van der Waals surface area contributed by atoms with Gasteiger partial charge >= 0.3 is 0 Å². The van der Waals surface area contributed by atoms with E-state index in [1.54, 1.807) is 0 Å². The van der Waals surface area contributed by atoms with Gasteiger partial charge in [0.1, 0.15) is 5.75 Å². The first-order valence-corrected chi connectivity index (χ1v) is 9.47. The van der Waals surface area contributed by atoms with Gasteiger partial charge in [0.15, 0.2) is 0 Å². The highest BCUT2D eigenvalue weighted by Crippen LogP contribution is 2.35. The molecule has 3 nitrogen and oxygen atoms in total. The van der Waals surface area contributed by atoms with Crippen LogP contribution in [0.1, 0.15) is 45.6 Å². The van der Waals surface area contributed by atoms with Crippen molar-refractivity contribution in [2.75, 3.05) is 19.6 Å². The predicted molar refractivity (Wildman–Crippen MR) is 104 cm³/mol. The largest absolute Gasteiger partial charge is 0.490 e. The molecule has 1 aromatic carbocycles. The molecule has 0 aliphatic carbocycles. The van der Waals surface area contributed by atoms with Gasteiger partial charge in [-0.15, -0.1) is 0 Å². The van der Waals surface area contributed by atoms with Gasteiger partial charge in [0.05, 0.1) is 11.8 Å². The van der Waals surface area contributed by atoms with Crippen LogP contribution in [0.4, 0.5) is 0 Å². The molecule has 2 heterocycles. The zero-order valence-electron chi connectivity index (χ0n) is 15.9. The molecular formula is C22H30N2O. The number of likely N-dealkylation sites (tertiary alicyclic amines) is 1. The first-order valence-electron chi connectivity index (χ1n) is 9.47. The zero-order valence-corrected chi connectivity index (χ0v) is 15.9. The summed E-state index contributed by atoms with van der Waals surface area (Å²) in [6.07, 6.45) is 3.22. The SMILES string of the molecule is CC(C)CN1CCC(c2ccc(-c3ccccn3)c(OC(C)C)c2)C1. The first kappa shape index (κ1) is 17.9. The summed E-state index contributed by atoms with van der Waals surface area (Å²) >= 11 is 0. The Morgan fingerprint density at radius 1 is 1.16 bits per heavy atom. The number of ether oxygens (including phenoxy) is 1. The Hall–Kier alpha value is -1.87. The normalized spacial score (nSPS) is 18.2. The highest BCUT2D eigenvalue weighted by Gasteiger charge is 2.25. The number of nitrogens with zero attached hydrogens (tertiary/aromatic N) is 2. The van der Waals surface area contributed by atoms with Gasteiger partial charge in [-0.3, -0.25) is 4.98 Å². The molecule has 3 rings (SSSR count). The fourth-order valence-corrected chi connectivity index (χ4v) is 3.66. The number of hydrogen-bond donors (Lipinski definition) is 0. The Morgan fingerprint density at radius 3 is 2.68 bits per heavy atom. The standard InChI is InChI=1S/C22H30N2O/c1-16(2)14-24-12-10-19(15-24)18-8-9-20(21-7-5-6-11-23-21)22(13-18)25-17(3)4/h5-9,11,13,16-17,19H,10,12,14-15H2,1-4H3. The van der Waals surface area contributed by atoms with Crippen LogP contribution in [-0.2, 0) is 0 Å². The lowest BCUT2D eigenvalue weighted by Crippen LogP contribution is -2.24. The molecule has 25 heavy (non-hydrogen) atoms. The van der Waals surface area contributed by atoms with E-state index in [1.807, 2.05) is 24.4 Å². The predicted octanol–water partition coefficient (Wildman–Crippen LogP) is 4.98. The van der Waals surface area contributed by atoms with Gasteiger partial charge < -0.3 is 9.64 Å². The number of hydrogen-bond acceptors (Lipinski definition) is 3. The van der Waals surface area contributed by atoms with Crippen molar-refractivity contribution >= 4 is 0 Å². The lowest BCUT2D eigenvalue weighted by molar-refractivity contribution is 0.243. The van der Waals surface area contributed by atoms with Crippen molar-refractivity contribution < 1.29 is 4.74 Å². The van der Waals surface area contributed by atoms with Crippen molar-refractivity contribution in [1.82, 2.24) is 9.88 Å². The lowest BCUT2D eigenvalue weighted by Gasteiger charge is -2.20. The van der Waals surface area contributed by atoms with Crippen LogP contribution >= 0.6 is 0 Å². The molecule has 0 radical (unpaired) electrons. The van der Waals surface area contributed by atoms with Gasteiger partial charge in [-0.05, 0) is 68.5 Å². The molecular weight excluding hydrogens is 308 g/mol. The van der Waals surface area contributed by atoms with E-state index in [9.17, 15) is 0 Å². The first-order chi connectivity index (χ1) is 12.0. The van der Waals surface area contributed by atoms with Crippen molar-refractivity contribution in [3.8, 4) is 17.0 Å². The average molecular weight is 338 g/mol. The Balaban J connectivity index is 1.85. The van der Waals surface area contributed by atoms with Crippen LogP contribution in [0.2, 0.25) is 0 Å². The second-order valence-electron chi connectivity index (χ2n) is 7.78. The van der Waals surface area contributed by atoms with Crippen LogP contribution in [0.15, 0.2) is 42.6 Å². The monoisotopic (exact) mass is 338 g/mol. The van der Waals surface area contributed by atoms with Gasteiger partial charge in [-0.1, -0.05) is 26.0 Å². The minimum Gasteiger partial charge on any atom is -0.490 e. The van der Waals surface area contributed by atoms with Crippen LogP contribution in [0.3, 0.4) is 0 Å². The number of rotatable bonds is 6. The smallest absolute Gasteiger partial charge is 0.129 e. The van der Waals surface area contributed by atoms with Crippen molar-refractivity contribution in [1.29, 1.82) is 0 Å². The maximum absolute atomic E-state index is 6.14. The third-order valence-electron chi connectivity index (χ3n) is 4.68. The summed E-state index contributed by atoms with van der Waals surface area (Å²) in [4.78, 5) is 7.09. The van der Waals surface area contributed by atoms with Crippen LogP contribution in [0.5, 0.6) is 5.75 Å². The third-order valence-corrected chi connectivity index (χ3v) is 4.68. The molecule has 1 aliphatic rings. The second kappa shape index (κ2) is 8.01. The van der Waals surface area contributed by atoms with Gasteiger partial charge in [0.25, 0.3) is 0 Å². The molecule has 0 spiro atoms. The zero-order chi connectivity index (χ0) is 17.8. The highest BCUT2D eigenvalue weighted by atomic mass is 16.5. The molecule has 134 valence electrons. The van der Waals surface area contributed by atoms with Crippen molar-refractivity contribution in [2.45, 2.75) is 46.1 Å². The number of aromatic nitrogens is 1. The highest BCUT2D eigenvalue weighted by molar-refractivity contribution is 5.68. The minimum absolute atomic E-state index is 0.152. The van der Waals surface area contributed by atoms with Crippen molar-refractivity contribution in [3.63, 3.8) is 0 Å². The quantitative estimate of drug-likeness (QED) is 0.742. The summed E-state index contributed by atoms with van der Waals surface area (Å²) in [5.74, 6) is 2.28. The number of benzene rings is 1. The Labute approximate surface area is 152 Å². The molecule has 1 unspecified atom stereocenters.